The van der Waals surface area contributed by atoms with Crippen LogP contribution in [0.1, 0.15) is 24.1 Å². The van der Waals surface area contributed by atoms with Crippen LogP contribution in [-0.4, -0.2) is 34.2 Å². The number of ether oxygens (including phenoxy) is 1. The predicted molar refractivity (Wildman–Crippen MR) is 108 cm³/mol. The number of amides is 1. The van der Waals surface area contributed by atoms with Crippen molar-refractivity contribution in [3.05, 3.63) is 58.6 Å². The highest BCUT2D eigenvalue weighted by Crippen LogP contribution is 2.30. The van der Waals surface area contributed by atoms with Crippen molar-refractivity contribution < 1.29 is 17.9 Å². The van der Waals surface area contributed by atoms with Gasteiger partial charge in [0.05, 0.1) is 30.1 Å². The van der Waals surface area contributed by atoms with E-state index < -0.39 is 15.9 Å². The average Bonchev–Trinajstić information content (AvgIpc) is 2.59. The Balaban J connectivity index is 2.17. The molecule has 2 rings (SSSR count). The first-order chi connectivity index (χ1) is 12.6. The number of sulfonamides is 1. The first kappa shape index (κ1) is 21.1. The Labute approximate surface area is 165 Å². The number of nitrogens with one attached hydrogen (secondary N) is 1. The molecule has 0 spiro atoms. The van der Waals surface area contributed by atoms with Crippen LogP contribution >= 0.6 is 11.6 Å². The van der Waals surface area contributed by atoms with E-state index in [0.717, 1.165) is 21.7 Å². The Morgan fingerprint density at radius 1 is 1.22 bits per heavy atom. The second kappa shape index (κ2) is 8.63. The lowest BCUT2D eigenvalue weighted by Gasteiger charge is -2.23. The minimum Gasteiger partial charge on any atom is -0.495 e. The SMILES string of the molecule is COc1ccc(N(CC(=O)N[C@@H](C)c2ccc(C)cc2)S(C)(=O)=O)cc1Cl. The fourth-order valence-corrected chi connectivity index (χ4v) is 3.67. The molecule has 2 aromatic carbocycles. The van der Waals surface area contributed by atoms with Gasteiger partial charge in [-0.1, -0.05) is 41.4 Å². The summed E-state index contributed by atoms with van der Waals surface area (Å²) in [7, 11) is -2.21. The highest BCUT2D eigenvalue weighted by atomic mass is 35.5. The molecule has 146 valence electrons. The third-order valence-electron chi connectivity index (χ3n) is 4.07. The summed E-state index contributed by atoms with van der Waals surface area (Å²) in [6, 6.07) is 12.1. The van der Waals surface area contributed by atoms with Gasteiger partial charge in [0.25, 0.3) is 0 Å². The molecular formula is C19H23ClN2O4S. The van der Waals surface area contributed by atoms with Gasteiger partial charge in [-0.2, -0.15) is 0 Å². The second-order valence-corrected chi connectivity index (χ2v) is 8.60. The van der Waals surface area contributed by atoms with Crippen LogP contribution in [-0.2, 0) is 14.8 Å². The number of hydrogen-bond acceptors (Lipinski definition) is 4. The molecule has 0 heterocycles. The van der Waals surface area contributed by atoms with E-state index in [1.54, 1.807) is 12.1 Å². The van der Waals surface area contributed by atoms with E-state index >= 15 is 0 Å². The zero-order chi connectivity index (χ0) is 20.2. The van der Waals surface area contributed by atoms with Crippen LogP contribution in [0.4, 0.5) is 5.69 Å². The molecule has 0 saturated carbocycles. The molecule has 0 fully saturated rings. The van der Waals surface area contributed by atoms with Gasteiger partial charge in [0.15, 0.2) is 0 Å². The number of rotatable bonds is 7. The molecule has 0 unspecified atom stereocenters. The summed E-state index contributed by atoms with van der Waals surface area (Å²) >= 11 is 6.09. The van der Waals surface area contributed by atoms with Crippen LogP contribution in [0.3, 0.4) is 0 Å². The fraction of sp³-hybridized carbons (Fsp3) is 0.316. The van der Waals surface area contributed by atoms with Crippen LogP contribution in [0, 0.1) is 6.92 Å². The molecule has 0 aromatic heterocycles. The van der Waals surface area contributed by atoms with Crippen molar-refractivity contribution >= 4 is 33.2 Å². The highest BCUT2D eigenvalue weighted by molar-refractivity contribution is 7.92. The van der Waals surface area contributed by atoms with Gasteiger partial charge in [0, 0.05) is 0 Å². The van der Waals surface area contributed by atoms with Gasteiger partial charge < -0.3 is 10.1 Å². The number of methoxy groups -OCH3 is 1. The molecule has 8 heteroatoms. The van der Waals surface area contributed by atoms with E-state index in [4.69, 9.17) is 16.3 Å². The van der Waals surface area contributed by atoms with Gasteiger partial charge in [-0.05, 0) is 37.6 Å². The second-order valence-electron chi connectivity index (χ2n) is 6.29. The number of halogens is 1. The number of carbonyl (C=O) groups is 1. The van der Waals surface area contributed by atoms with Crippen molar-refractivity contribution in [3.8, 4) is 5.75 Å². The van der Waals surface area contributed by atoms with E-state index in [9.17, 15) is 13.2 Å². The number of carbonyl (C=O) groups excluding carboxylic acids is 1. The van der Waals surface area contributed by atoms with Crippen LogP contribution in [0.2, 0.25) is 5.02 Å². The van der Waals surface area contributed by atoms with Crippen molar-refractivity contribution in [3.63, 3.8) is 0 Å². The molecule has 1 amide bonds. The lowest BCUT2D eigenvalue weighted by molar-refractivity contribution is -0.120. The first-order valence-electron chi connectivity index (χ1n) is 8.29. The third-order valence-corrected chi connectivity index (χ3v) is 5.50. The van der Waals surface area contributed by atoms with Gasteiger partial charge in [-0.25, -0.2) is 8.42 Å². The highest BCUT2D eigenvalue weighted by Gasteiger charge is 2.22. The van der Waals surface area contributed by atoms with Crippen LogP contribution in [0.5, 0.6) is 5.75 Å². The smallest absolute Gasteiger partial charge is 0.241 e. The molecule has 1 atom stereocenters. The maximum Gasteiger partial charge on any atom is 0.241 e. The number of benzene rings is 2. The quantitative estimate of drug-likeness (QED) is 0.759. The van der Waals surface area contributed by atoms with Crippen molar-refractivity contribution in [1.82, 2.24) is 5.32 Å². The summed E-state index contributed by atoms with van der Waals surface area (Å²) in [4.78, 5) is 12.5. The van der Waals surface area contributed by atoms with Gasteiger partial charge in [0.2, 0.25) is 15.9 Å². The summed E-state index contributed by atoms with van der Waals surface area (Å²) in [5.74, 6) is 0.00625. The topological polar surface area (TPSA) is 75.7 Å². The standard InChI is InChI=1S/C19H23ClN2O4S/c1-13-5-7-15(8-6-13)14(2)21-19(23)12-22(27(4,24)25)16-9-10-18(26-3)17(20)11-16/h5-11,14H,12H2,1-4H3,(H,21,23)/t14-/m0/s1. The van der Waals surface area contributed by atoms with Gasteiger partial charge in [0.1, 0.15) is 12.3 Å². The minimum atomic E-state index is -3.68. The Hall–Kier alpha value is -2.25. The van der Waals surface area contributed by atoms with E-state index in [2.05, 4.69) is 5.32 Å². The maximum absolute atomic E-state index is 12.5. The largest absolute Gasteiger partial charge is 0.495 e. The van der Waals surface area contributed by atoms with E-state index in [-0.39, 0.29) is 17.6 Å². The van der Waals surface area contributed by atoms with Crippen LogP contribution < -0.4 is 14.4 Å². The normalized spacial score (nSPS) is 12.3. The summed E-state index contributed by atoms with van der Waals surface area (Å²) in [6.07, 6.45) is 1.04. The third kappa shape index (κ3) is 5.61. The predicted octanol–water partition coefficient (Wildman–Crippen LogP) is 3.30. The van der Waals surface area contributed by atoms with Gasteiger partial charge in [-0.15, -0.1) is 0 Å². The summed E-state index contributed by atoms with van der Waals surface area (Å²) < 4.78 is 30.5. The monoisotopic (exact) mass is 410 g/mol. The number of nitrogens with zero attached hydrogens (tertiary/aromatic N) is 1. The molecule has 1 N–H and O–H groups in total. The molecule has 0 aliphatic heterocycles. The number of anilines is 1. The molecule has 0 radical (unpaired) electrons. The summed E-state index contributed by atoms with van der Waals surface area (Å²) in [5.41, 5.74) is 2.35. The van der Waals surface area contributed by atoms with Gasteiger partial charge in [-0.3, -0.25) is 9.10 Å². The lowest BCUT2D eigenvalue weighted by atomic mass is 10.1. The van der Waals surface area contributed by atoms with E-state index in [1.807, 2.05) is 38.1 Å². The average molecular weight is 411 g/mol. The minimum absolute atomic E-state index is 0.251. The molecule has 0 saturated heterocycles. The van der Waals surface area contributed by atoms with E-state index in [0.29, 0.717) is 11.4 Å². The maximum atomic E-state index is 12.5. The molecule has 0 aliphatic carbocycles. The van der Waals surface area contributed by atoms with E-state index in [1.165, 1.54) is 13.2 Å². The Bertz CT molecular complexity index is 914. The first-order valence-corrected chi connectivity index (χ1v) is 10.5. The van der Waals surface area contributed by atoms with Gasteiger partial charge >= 0.3 is 0 Å². The fourth-order valence-electron chi connectivity index (χ4n) is 2.57. The number of hydrogen-bond donors (Lipinski definition) is 1. The zero-order valence-electron chi connectivity index (χ0n) is 15.7. The lowest BCUT2D eigenvalue weighted by Crippen LogP contribution is -2.41. The molecular weight excluding hydrogens is 388 g/mol. The van der Waals surface area contributed by atoms with Crippen LogP contribution in [0.15, 0.2) is 42.5 Å². The summed E-state index contributed by atoms with van der Waals surface area (Å²) in [5, 5.41) is 3.08. The van der Waals surface area contributed by atoms with Crippen molar-refractivity contribution in [1.29, 1.82) is 0 Å². The molecule has 27 heavy (non-hydrogen) atoms. The zero-order valence-corrected chi connectivity index (χ0v) is 17.3. The molecule has 0 aliphatic rings. The molecule has 2 aromatic rings. The Morgan fingerprint density at radius 3 is 2.37 bits per heavy atom. The molecule has 6 nitrogen and oxygen atoms in total. The Kier molecular flexibility index (Phi) is 6.73. The van der Waals surface area contributed by atoms with Crippen molar-refractivity contribution in [2.24, 2.45) is 0 Å². The van der Waals surface area contributed by atoms with Crippen molar-refractivity contribution in [2.45, 2.75) is 19.9 Å². The van der Waals surface area contributed by atoms with Crippen LogP contribution in [0.25, 0.3) is 0 Å². The molecule has 0 bridgehead atoms. The number of aryl methyl sites for hydroxylation is 1. The Morgan fingerprint density at radius 2 is 1.85 bits per heavy atom. The van der Waals surface area contributed by atoms with Crippen molar-refractivity contribution in [2.75, 3.05) is 24.2 Å². The summed E-state index contributed by atoms with van der Waals surface area (Å²) in [6.45, 7) is 3.48.